The number of nitrogens with one attached hydrogen (secondary N) is 2. The van der Waals surface area contributed by atoms with Crippen LogP contribution in [-0.2, 0) is 19.2 Å². The van der Waals surface area contributed by atoms with E-state index in [0.29, 0.717) is 25.8 Å². The highest BCUT2D eigenvalue weighted by molar-refractivity contribution is 5.94. The number of likely N-dealkylation sites (tertiary alicyclic amines) is 1. The fraction of sp³-hybridized carbons (Fsp3) is 0.737. The van der Waals surface area contributed by atoms with Gasteiger partial charge in [0.05, 0.1) is 6.61 Å². The van der Waals surface area contributed by atoms with Gasteiger partial charge in [-0.3, -0.25) is 19.4 Å². The van der Waals surface area contributed by atoms with E-state index in [2.05, 4.69) is 15.6 Å². The summed E-state index contributed by atoms with van der Waals surface area (Å²) in [5, 5.41) is 23.6. The van der Waals surface area contributed by atoms with Crippen LogP contribution in [0.25, 0.3) is 0 Å². The maximum absolute atomic E-state index is 13.0. The number of nitrogens with two attached hydrogens (primary N) is 3. The summed E-state index contributed by atoms with van der Waals surface area (Å²) in [5.74, 6) is -3.39. The number of carboxylic acids is 1. The van der Waals surface area contributed by atoms with Gasteiger partial charge in [-0.2, -0.15) is 0 Å². The molecule has 1 heterocycles. The summed E-state index contributed by atoms with van der Waals surface area (Å²) in [6.45, 7) is 3.35. The molecule has 13 nitrogen and oxygen atoms in total. The maximum atomic E-state index is 13.0. The van der Waals surface area contributed by atoms with Crippen molar-refractivity contribution in [3.05, 3.63) is 0 Å². The van der Waals surface area contributed by atoms with Crippen molar-refractivity contribution in [1.82, 2.24) is 15.5 Å². The zero-order valence-electron chi connectivity index (χ0n) is 18.5. The number of carboxylic acid groups (broad SMARTS) is 1. The van der Waals surface area contributed by atoms with Gasteiger partial charge in [0.1, 0.15) is 24.2 Å². The van der Waals surface area contributed by atoms with Crippen LogP contribution in [-0.4, -0.2) is 88.6 Å². The molecule has 3 amide bonds. The topological polar surface area (TPSA) is 226 Å². The molecule has 10 N–H and O–H groups in total. The molecule has 13 heteroatoms. The van der Waals surface area contributed by atoms with Gasteiger partial charge in [-0.25, -0.2) is 4.79 Å². The average Bonchev–Trinajstić information content (AvgIpc) is 3.22. The molecule has 1 saturated heterocycles. The molecule has 1 aliphatic rings. The van der Waals surface area contributed by atoms with Crippen molar-refractivity contribution in [2.75, 3.05) is 19.7 Å². The number of aliphatic imine (C=N–C) groups is 1. The van der Waals surface area contributed by atoms with E-state index in [0.717, 1.165) is 0 Å². The number of hydrogen-bond acceptors (Lipinski definition) is 7. The lowest BCUT2D eigenvalue weighted by Gasteiger charge is -2.30. The number of carbonyl (C=O) groups excluding carboxylic acids is 3. The Morgan fingerprint density at radius 1 is 1.16 bits per heavy atom. The molecular weight excluding hydrogens is 422 g/mol. The zero-order chi connectivity index (χ0) is 24.4. The van der Waals surface area contributed by atoms with Crippen LogP contribution in [0.15, 0.2) is 4.99 Å². The second-order valence-corrected chi connectivity index (χ2v) is 8.06. The van der Waals surface area contributed by atoms with E-state index in [9.17, 15) is 24.3 Å². The summed E-state index contributed by atoms with van der Waals surface area (Å²) < 4.78 is 0. The minimum absolute atomic E-state index is 0.110. The highest BCUT2D eigenvalue weighted by atomic mass is 16.4. The van der Waals surface area contributed by atoms with Gasteiger partial charge in [-0.05, 0) is 31.6 Å². The third-order valence-electron chi connectivity index (χ3n) is 5.16. The zero-order valence-corrected chi connectivity index (χ0v) is 18.5. The van der Waals surface area contributed by atoms with Crippen LogP contribution in [0.2, 0.25) is 0 Å². The lowest BCUT2D eigenvalue weighted by atomic mass is 10.0. The van der Waals surface area contributed by atoms with E-state index < -0.39 is 54.5 Å². The number of hydrogen-bond donors (Lipinski definition) is 7. The van der Waals surface area contributed by atoms with E-state index in [1.165, 1.54) is 4.90 Å². The first kappa shape index (κ1) is 27.1. The first-order chi connectivity index (χ1) is 15.0. The van der Waals surface area contributed by atoms with Crippen molar-refractivity contribution in [2.24, 2.45) is 28.1 Å². The van der Waals surface area contributed by atoms with E-state index in [4.69, 9.17) is 22.3 Å². The quantitative estimate of drug-likeness (QED) is 0.0902. The van der Waals surface area contributed by atoms with Crippen LogP contribution in [0.1, 0.15) is 39.5 Å². The SMILES string of the molecule is CC(C)[C@H](NC(=O)[C@H](CCCN=C(N)N)NC(=O)[C@@H](N)CO)C(=O)N1CCC[C@H]1C(=O)O. The highest BCUT2D eigenvalue weighted by Gasteiger charge is 2.39. The van der Waals surface area contributed by atoms with Crippen molar-refractivity contribution in [1.29, 1.82) is 0 Å². The van der Waals surface area contributed by atoms with Crippen LogP contribution in [0.4, 0.5) is 0 Å². The first-order valence-electron chi connectivity index (χ1n) is 10.5. The average molecular weight is 458 g/mol. The number of aliphatic carboxylic acids is 1. The minimum Gasteiger partial charge on any atom is -0.480 e. The van der Waals surface area contributed by atoms with E-state index in [1.807, 2.05) is 0 Å². The van der Waals surface area contributed by atoms with Crippen LogP contribution in [0.5, 0.6) is 0 Å². The highest BCUT2D eigenvalue weighted by Crippen LogP contribution is 2.20. The molecule has 0 aliphatic carbocycles. The number of aliphatic hydroxyl groups excluding tert-OH is 1. The summed E-state index contributed by atoms with van der Waals surface area (Å²) in [4.78, 5) is 54.7. The Balaban J connectivity index is 2.95. The predicted octanol–water partition coefficient (Wildman–Crippen LogP) is -2.94. The molecule has 0 saturated carbocycles. The van der Waals surface area contributed by atoms with E-state index in [1.54, 1.807) is 13.8 Å². The van der Waals surface area contributed by atoms with Crippen LogP contribution < -0.4 is 27.8 Å². The van der Waals surface area contributed by atoms with Crippen LogP contribution >= 0.6 is 0 Å². The molecular formula is C19H35N7O6. The summed E-state index contributed by atoms with van der Waals surface area (Å²) in [7, 11) is 0. The summed E-state index contributed by atoms with van der Waals surface area (Å²) in [6, 6.07) is -4.19. The number of amides is 3. The van der Waals surface area contributed by atoms with Crippen molar-refractivity contribution < 1.29 is 29.4 Å². The summed E-state index contributed by atoms with van der Waals surface area (Å²) in [5.41, 5.74) is 16.1. The van der Waals surface area contributed by atoms with E-state index in [-0.39, 0.29) is 24.8 Å². The standard InChI is InChI=1S/C19H35N7O6/c1-10(2)14(17(30)26-8-4-6-13(26)18(31)32)25-16(29)12(5-3-7-23-19(21)22)24-15(28)11(20)9-27/h10-14,27H,3-9,20H2,1-2H3,(H,24,28)(H,25,29)(H,31,32)(H4,21,22,23)/t11-,12-,13-,14-/m0/s1. The Labute approximate surface area is 186 Å². The maximum Gasteiger partial charge on any atom is 0.326 e. The smallest absolute Gasteiger partial charge is 0.326 e. The van der Waals surface area contributed by atoms with Gasteiger partial charge in [0, 0.05) is 13.1 Å². The first-order valence-corrected chi connectivity index (χ1v) is 10.5. The summed E-state index contributed by atoms with van der Waals surface area (Å²) >= 11 is 0. The fourth-order valence-electron chi connectivity index (χ4n) is 3.37. The second kappa shape index (κ2) is 12.8. The van der Waals surface area contributed by atoms with Crippen LogP contribution in [0, 0.1) is 5.92 Å². The molecule has 182 valence electrons. The molecule has 0 radical (unpaired) electrons. The number of rotatable bonds is 12. The normalized spacial score (nSPS) is 18.5. The Kier molecular flexibility index (Phi) is 10.9. The number of carbonyl (C=O) groups is 4. The van der Waals surface area contributed by atoms with E-state index >= 15 is 0 Å². The Morgan fingerprint density at radius 2 is 1.81 bits per heavy atom. The van der Waals surface area contributed by atoms with Crippen molar-refractivity contribution in [2.45, 2.75) is 63.7 Å². The molecule has 1 aliphatic heterocycles. The Hall–Kier alpha value is -2.93. The third-order valence-corrected chi connectivity index (χ3v) is 5.16. The Morgan fingerprint density at radius 3 is 2.34 bits per heavy atom. The monoisotopic (exact) mass is 457 g/mol. The van der Waals surface area contributed by atoms with Crippen molar-refractivity contribution in [3.8, 4) is 0 Å². The van der Waals surface area contributed by atoms with Gasteiger partial charge >= 0.3 is 5.97 Å². The van der Waals surface area contributed by atoms with Gasteiger partial charge in [0.15, 0.2) is 5.96 Å². The largest absolute Gasteiger partial charge is 0.480 e. The lowest BCUT2D eigenvalue weighted by Crippen LogP contribution is -2.58. The van der Waals surface area contributed by atoms with Crippen LogP contribution in [0.3, 0.4) is 0 Å². The summed E-state index contributed by atoms with van der Waals surface area (Å²) in [6.07, 6.45) is 1.40. The predicted molar refractivity (Wildman–Crippen MR) is 116 cm³/mol. The van der Waals surface area contributed by atoms with Crippen molar-refractivity contribution in [3.63, 3.8) is 0 Å². The van der Waals surface area contributed by atoms with Gasteiger partial charge in [0.2, 0.25) is 17.7 Å². The fourth-order valence-corrected chi connectivity index (χ4v) is 3.37. The molecule has 1 fully saturated rings. The molecule has 0 unspecified atom stereocenters. The minimum atomic E-state index is -1.22. The van der Waals surface area contributed by atoms with Gasteiger partial charge in [-0.15, -0.1) is 0 Å². The number of nitrogens with zero attached hydrogens (tertiary/aromatic N) is 2. The molecule has 0 bridgehead atoms. The third kappa shape index (κ3) is 7.96. The van der Waals surface area contributed by atoms with Gasteiger partial charge < -0.3 is 42.9 Å². The molecule has 1 rings (SSSR count). The Bertz CT molecular complexity index is 710. The van der Waals surface area contributed by atoms with Gasteiger partial charge in [0.25, 0.3) is 0 Å². The molecule has 32 heavy (non-hydrogen) atoms. The number of guanidine groups is 1. The van der Waals surface area contributed by atoms with Crippen molar-refractivity contribution >= 4 is 29.7 Å². The van der Waals surface area contributed by atoms with Gasteiger partial charge in [-0.1, -0.05) is 13.8 Å². The lowest BCUT2D eigenvalue weighted by molar-refractivity contribution is -0.150. The molecule has 0 aromatic rings. The molecule has 0 aromatic carbocycles. The second-order valence-electron chi connectivity index (χ2n) is 8.06. The number of aliphatic hydroxyl groups is 1. The molecule has 0 spiro atoms. The molecule has 4 atom stereocenters. The molecule has 0 aromatic heterocycles.